The van der Waals surface area contributed by atoms with E-state index in [1.807, 2.05) is 0 Å². The molecule has 1 aliphatic rings. The van der Waals surface area contributed by atoms with E-state index in [-0.39, 0.29) is 16.8 Å². The Hall–Kier alpha value is -1.40. The summed E-state index contributed by atoms with van der Waals surface area (Å²) in [6.07, 6.45) is 4.62. The molecule has 1 fully saturated rings. The fourth-order valence-corrected chi connectivity index (χ4v) is 5.23. The van der Waals surface area contributed by atoms with Gasteiger partial charge in [0.05, 0.1) is 4.90 Å². The van der Waals surface area contributed by atoms with Gasteiger partial charge in [-0.3, -0.25) is 4.79 Å². The molecule has 140 valence electrons. The Bertz CT molecular complexity index is 705. The monoisotopic (exact) mass is 366 g/mol. The molecule has 0 unspecified atom stereocenters. The van der Waals surface area contributed by atoms with Gasteiger partial charge in [-0.25, -0.2) is 8.42 Å². The quantitative estimate of drug-likeness (QED) is 0.775. The molecule has 25 heavy (non-hydrogen) atoms. The van der Waals surface area contributed by atoms with Gasteiger partial charge in [0.1, 0.15) is 0 Å². The first kappa shape index (κ1) is 19.9. The fourth-order valence-electron chi connectivity index (χ4n) is 3.46. The van der Waals surface area contributed by atoms with Crippen molar-refractivity contribution in [2.75, 3.05) is 20.1 Å². The molecule has 1 aromatic carbocycles. The fraction of sp³-hybridized carbons (Fsp3) is 0.632. The number of carbonyl (C=O) groups excluding carboxylic acids is 1. The molecule has 0 aliphatic carbocycles. The van der Waals surface area contributed by atoms with Gasteiger partial charge < -0.3 is 4.90 Å². The first-order valence-electron chi connectivity index (χ1n) is 9.20. The largest absolute Gasteiger partial charge is 0.339 e. The van der Waals surface area contributed by atoms with E-state index in [9.17, 15) is 13.2 Å². The minimum absolute atomic E-state index is 0.121. The maximum absolute atomic E-state index is 13.0. The van der Waals surface area contributed by atoms with Crippen LogP contribution >= 0.6 is 0 Å². The molecule has 0 bridgehead atoms. The molecule has 5 nitrogen and oxygen atoms in total. The Kier molecular flexibility index (Phi) is 6.63. The second kappa shape index (κ2) is 8.32. The summed E-state index contributed by atoms with van der Waals surface area (Å²) in [7, 11) is -1.75. The second-order valence-corrected chi connectivity index (χ2v) is 8.74. The van der Waals surface area contributed by atoms with Crippen molar-refractivity contribution in [3.8, 4) is 0 Å². The van der Waals surface area contributed by atoms with Crippen LogP contribution in [0.3, 0.4) is 0 Å². The number of aryl methyl sites for hydroxylation is 1. The topological polar surface area (TPSA) is 57.7 Å². The van der Waals surface area contributed by atoms with Crippen LogP contribution in [0.25, 0.3) is 0 Å². The molecule has 0 radical (unpaired) electrons. The van der Waals surface area contributed by atoms with Gasteiger partial charge in [0, 0.05) is 31.7 Å². The molecule has 0 saturated carbocycles. The highest BCUT2D eigenvalue weighted by Crippen LogP contribution is 2.25. The SMILES string of the molecule is CCC(CC)N(C)C(=O)c1ccc(C)c(S(=O)(=O)N2CCCCC2)c1. The Morgan fingerprint density at radius 1 is 1.16 bits per heavy atom. The number of sulfonamides is 1. The lowest BCUT2D eigenvalue weighted by atomic mass is 10.1. The summed E-state index contributed by atoms with van der Waals surface area (Å²) in [6, 6.07) is 5.19. The molecule has 0 aromatic heterocycles. The molecule has 1 aliphatic heterocycles. The van der Waals surface area contributed by atoms with Crippen LogP contribution in [0.1, 0.15) is 61.9 Å². The van der Waals surface area contributed by atoms with Crippen molar-refractivity contribution in [1.82, 2.24) is 9.21 Å². The van der Waals surface area contributed by atoms with Crippen LogP contribution in [0.2, 0.25) is 0 Å². The van der Waals surface area contributed by atoms with Crippen molar-refractivity contribution in [3.63, 3.8) is 0 Å². The Morgan fingerprint density at radius 2 is 1.76 bits per heavy atom. The van der Waals surface area contributed by atoms with Crippen LogP contribution in [0.5, 0.6) is 0 Å². The third kappa shape index (κ3) is 4.23. The Labute approximate surface area is 152 Å². The summed E-state index contributed by atoms with van der Waals surface area (Å²) < 4.78 is 27.6. The van der Waals surface area contributed by atoms with E-state index in [1.54, 1.807) is 41.4 Å². The summed E-state index contributed by atoms with van der Waals surface area (Å²) in [5.74, 6) is -0.121. The number of rotatable bonds is 6. The number of amides is 1. The highest BCUT2D eigenvalue weighted by atomic mass is 32.2. The maximum Gasteiger partial charge on any atom is 0.253 e. The van der Waals surface area contributed by atoms with Gasteiger partial charge in [0.15, 0.2) is 0 Å². The lowest BCUT2D eigenvalue weighted by Crippen LogP contribution is -2.37. The Balaban J connectivity index is 2.35. The van der Waals surface area contributed by atoms with Crippen molar-refractivity contribution < 1.29 is 13.2 Å². The van der Waals surface area contributed by atoms with Crippen LogP contribution < -0.4 is 0 Å². The van der Waals surface area contributed by atoms with Crippen LogP contribution in [-0.4, -0.2) is 49.7 Å². The van der Waals surface area contributed by atoms with Crippen LogP contribution in [0, 0.1) is 6.92 Å². The van der Waals surface area contributed by atoms with Crippen molar-refractivity contribution in [3.05, 3.63) is 29.3 Å². The summed E-state index contributed by atoms with van der Waals surface area (Å²) in [6.45, 7) is 7.02. The van der Waals surface area contributed by atoms with Gasteiger partial charge in [-0.2, -0.15) is 4.31 Å². The standard InChI is InChI=1S/C19H30N2O3S/c1-5-17(6-2)20(4)19(22)16-11-10-15(3)18(14-16)25(23,24)21-12-8-7-9-13-21/h10-11,14,17H,5-9,12-13H2,1-4H3. The predicted octanol–water partition coefficient (Wildman–Crippen LogP) is 3.43. The lowest BCUT2D eigenvalue weighted by Gasteiger charge is -2.28. The summed E-state index contributed by atoms with van der Waals surface area (Å²) in [5.41, 5.74) is 1.13. The third-order valence-electron chi connectivity index (χ3n) is 5.18. The van der Waals surface area contributed by atoms with Gasteiger partial charge in [0.2, 0.25) is 10.0 Å². The molecule has 1 aromatic rings. The van der Waals surface area contributed by atoms with E-state index in [4.69, 9.17) is 0 Å². The van der Waals surface area contributed by atoms with Crippen LogP contribution in [0.4, 0.5) is 0 Å². The predicted molar refractivity (Wildman–Crippen MR) is 100 cm³/mol. The lowest BCUT2D eigenvalue weighted by molar-refractivity contribution is 0.0723. The van der Waals surface area contributed by atoms with Crippen molar-refractivity contribution >= 4 is 15.9 Å². The van der Waals surface area contributed by atoms with Crippen LogP contribution in [-0.2, 0) is 10.0 Å². The molecule has 6 heteroatoms. The van der Waals surface area contributed by atoms with E-state index >= 15 is 0 Å². The van der Waals surface area contributed by atoms with E-state index in [2.05, 4.69) is 13.8 Å². The van der Waals surface area contributed by atoms with Gasteiger partial charge in [-0.05, 0) is 50.3 Å². The van der Waals surface area contributed by atoms with Gasteiger partial charge in [-0.1, -0.05) is 26.3 Å². The highest BCUT2D eigenvalue weighted by molar-refractivity contribution is 7.89. The highest BCUT2D eigenvalue weighted by Gasteiger charge is 2.28. The van der Waals surface area contributed by atoms with Gasteiger partial charge >= 0.3 is 0 Å². The molecule has 1 amide bonds. The third-order valence-corrected chi connectivity index (χ3v) is 7.22. The molecule has 1 saturated heterocycles. The van der Waals surface area contributed by atoms with Gasteiger partial charge in [-0.15, -0.1) is 0 Å². The summed E-state index contributed by atoms with van der Waals surface area (Å²) in [4.78, 5) is 14.8. The molecular formula is C19H30N2O3S. The number of nitrogens with zero attached hydrogens (tertiary/aromatic N) is 2. The summed E-state index contributed by atoms with van der Waals surface area (Å²) >= 11 is 0. The number of carbonyl (C=O) groups is 1. The Morgan fingerprint density at radius 3 is 2.32 bits per heavy atom. The van der Waals surface area contributed by atoms with E-state index in [1.165, 1.54) is 0 Å². The van der Waals surface area contributed by atoms with E-state index in [0.29, 0.717) is 24.2 Å². The average molecular weight is 367 g/mol. The van der Waals surface area contributed by atoms with Gasteiger partial charge in [0.25, 0.3) is 5.91 Å². The zero-order valence-electron chi connectivity index (χ0n) is 15.8. The molecule has 0 spiro atoms. The minimum Gasteiger partial charge on any atom is -0.339 e. The summed E-state index contributed by atoms with van der Waals surface area (Å²) in [5, 5.41) is 0. The van der Waals surface area contributed by atoms with Crippen molar-refractivity contribution in [2.45, 2.75) is 63.8 Å². The number of piperidine rings is 1. The molecule has 0 N–H and O–H groups in total. The normalized spacial score (nSPS) is 16.2. The van der Waals surface area contributed by atoms with Crippen LogP contribution in [0.15, 0.2) is 23.1 Å². The number of hydrogen-bond donors (Lipinski definition) is 0. The second-order valence-electron chi connectivity index (χ2n) is 6.83. The first-order chi connectivity index (χ1) is 11.8. The smallest absolute Gasteiger partial charge is 0.253 e. The molecule has 2 rings (SSSR count). The molecular weight excluding hydrogens is 336 g/mol. The van der Waals surface area contributed by atoms with Crippen molar-refractivity contribution in [1.29, 1.82) is 0 Å². The molecule has 0 atom stereocenters. The number of hydrogen-bond acceptors (Lipinski definition) is 3. The maximum atomic E-state index is 13.0. The first-order valence-corrected chi connectivity index (χ1v) is 10.6. The average Bonchev–Trinajstić information content (AvgIpc) is 2.63. The zero-order chi connectivity index (χ0) is 18.6. The minimum atomic E-state index is -3.54. The zero-order valence-corrected chi connectivity index (χ0v) is 16.6. The number of benzene rings is 1. The van der Waals surface area contributed by atoms with Crippen molar-refractivity contribution in [2.24, 2.45) is 0 Å². The van der Waals surface area contributed by atoms with E-state index in [0.717, 1.165) is 32.1 Å². The van der Waals surface area contributed by atoms with E-state index < -0.39 is 10.0 Å². The molecule has 1 heterocycles.